The Bertz CT molecular complexity index is 555. The lowest BCUT2D eigenvalue weighted by Gasteiger charge is -2.21. The Labute approximate surface area is 103 Å². The molecule has 0 aliphatic heterocycles. The lowest BCUT2D eigenvalue weighted by Crippen LogP contribution is -2.29. The van der Waals surface area contributed by atoms with Crippen molar-refractivity contribution in [3.05, 3.63) is 60.3 Å². The maximum atomic E-state index is 4.11. The summed E-state index contributed by atoms with van der Waals surface area (Å²) < 4.78 is 2.00. The number of fused-ring (bicyclic) bond motifs is 3. The van der Waals surface area contributed by atoms with E-state index in [9.17, 15) is 0 Å². The standard InChI is InChI=1S/C16H17N/c1-11-7-5-8-12-14(11)15-13(16(12,2)3)9-6-10-17(15)4/h5-10H,4H2,1-3H3. The normalized spacial score (nSPS) is 15.5. The minimum absolute atomic E-state index is 0.0807. The van der Waals surface area contributed by atoms with E-state index in [4.69, 9.17) is 0 Å². The molecule has 0 radical (unpaired) electrons. The number of pyridine rings is 1. The molecule has 1 heterocycles. The highest BCUT2D eigenvalue weighted by Crippen LogP contribution is 2.47. The molecule has 0 bridgehead atoms. The summed E-state index contributed by atoms with van der Waals surface area (Å²) in [6.07, 6.45) is 2.02. The molecule has 0 amide bonds. The molecule has 86 valence electrons. The summed E-state index contributed by atoms with van der Waals surface area (Å²) in [5, 5.41) is 0. The van der Waals surface area contributed by atoms with Crippen LogP contribution in [0.1, 0.15) is 30.5 Å². The van der Waals surface area contributed by atoms with E-state index in [1.807, 2.05) is 10.8 Å². The van der Waals surface area contributed by atoms with E-state index >= 15 is 0 Å². The largest absolute Gasteiger partial charge is 0.333 e. The third-order valence-electron chi connectivity index (χ3n) is 3.93. The number of hydrogen-bond acceptors (Lipinski definition) is 0. The molecule has 0 spiro atoms. The molecule has 1 heteroatoms. The van der Waals surface area contributed by atoms with Crippen LogP contribution in [0.2, 0.25) is 0 Å². The van der Waals surface area contributed by atoms with Gasteiger partial charge in [0.05, 0.1) is 6.20 Å². The Morgan fingerprint density at radius 2 is 1.76 bits per heavy atom. The first kappa shape index (κ1) is 10.4. The molecule has 1 aliphatic carbocycles. The number of aryl methyl sites for hydroxylation is 1. The lowest BCUT2D eigenvalue weighted by molar-refractivity contribution is -0.600. The predicted molar refractivity (Wildman–Crippen MR) is 69.7 cm³/mol. The second-order valence-corrected chi connectivity index (χ2v) is 5.36. The molecule has 0 N–H and O–H groups in total. The van der Waals surface area contributed by atoms with E-state index in [1.165, 1.54) is 27.9 Å². The average Bonchev–Trinajstić information content (AvgIpc) is 2.52. The van der Waals surface area contributed by atoms with Gasteiger partial charge in [-0.3, -0.25) is 0 Å². The summed E-state index contributed by atoms with van der Waals surface area (Å²) in [4.78, 5) is 0. The van der Waals surface area contributed by atoms with Gasteiger partial charge in [0, 0.05) is 12.5 Å². The van der Waals surface area contributed by atoms with Crippen molar-refractivity contribution < 1.29 is 4.57 Å². The van der Waals surface area contributed by atoms with Crippen molar-refractivity contribution in [3.8, 4) is 11.3 Å². The van der Waals surface area contributed by atoms with Crippen molar-refractivity contribution in [2.45, 2.75) is 26.2 Å². The molecule has 0 atom stereocenters. The number of rotatable bonds is 0. The molecule has 0 unspecified atom stereocenters. The Kier molecular flexibility index (Phi) is 1.91. The van der Waals surface area contributed by atoms with Crippen molar-refractivity contribution in [1.82, 2.24) is 0 Å². The third kappa shape index (κ3) is 1.20. The van der Waals surface area contributed by atoms with Gasteiger partial charge in [0.25, 0.3) is 0 Å². The molecule has 1 aliphatic rings. The number of aromatic nitrogens is 1. The van der Waals surface area contributed by atoms with Gasteiger partial charge in [0.2, 0.25) is 0 Å². The minimum atomic E-state index is 0.0807. The summed E-state index contributed by atoms with van der Waals surface area (Å²) >= 11 is 0. The van der Waals surface area contributed by atoms with Crippen LogP contribution in [0.15, 0.2) is 36.5 Å². The van der Waals surface area contributed by atoms with Crippen LogP contribution >= 0.6 is 0 Å². The fourth-order valence-electron chi connectivity index (χ4n) is 2.98. The number of hydrogen-bond donors (Lipinski definition) is 0. The first-order valence-electron chi connectivity index (χ1n) is 6.00. The highest BCUT2D eigenvalue weighted by molar-refractivity contribution is 5.78. The van der Waals surface area contributed by atoms with Crippen LogP contribution in [0.4, 0.5) is 0 Å². The van der Waals surface area contributed by atoms with Crippen molar-refractivity contribution in [2.75, 3.05) is 0 Å². The van der Waals surface area contributed by atoms with Crippen molar-refractivity contribution in [2.24, 2.45) is 0 Å². The SMILES string of the molecule is [CH2-][n+]1cccc2c1-c1c(C)cccc1C2(C)C. The van der Waals surface area contributed by atoms with Gasteiger partial charge >= 0.3 is 0 Å². The van der Waals surface area contributed by atoms with Crippen LogP contribution in [0, 0.1) is 14.0 Å². The highest BCUT2D eigenvalue weighted by atomic mass is 14.9. The first-order chi connectivity index (χ1) is 8.03. The fraction of sp³-hybridized carbons (Fsp3) is 0.250. The molecule has 1 aromatic heterocycles. The van der Waals surface area contributed by atoms with Gasteiger partial charge in [-0.1, -0.05) is 44.2 Å². The summed E-state index contributed by atoms with van der Waals surface area (Å²) in [6, 6.07) is 10.9. The lowest BCUT2D eigenvalue weighted by atomic mass is 9.82. The van der Waals surface area contributed by atoms with Gasteiger partial charge in [-0.2, -0.15) is 0 Å². The third-order valence-corrected chi connectivity index (χ3v) is 3.93. The molecule has 3 rings (SSSR count). The zero-order chi connectivity index (χ0) is 12.2. The second kappa shape index (κ2) is 3.13. The van der Waals surface area contributed by atoms with Crippen LogP contribution < -0.4 is 4.57 Å². The van der Waals surface area contributed by atoms with Crippen LogP contribution in [-0.2, 0) is 5.41 Å². The van der Waals surface area contributed by atoms with E-state index < -0.39 is 0 Å². The molecule has 1 nitrogen and oxygen atoms in total. The van der Waals surface area contributed by atoms with E-state index in [-0.39, 0.29) is 5.41 Å². The minimum Gasteiger partial charge on any atom is -0.333 e. The molecule has 2 aromatic rings. The summed E-state index contributed by atoms with van der Waals surface area (Å²) in [7, 11) is 4.11. The molecular formula is C16H17N. The van der Waals surface area contributed by atoms with Crippen molar-refractivity contribution in [3.63, 3.8) is 0 Å². The smallest absolute Gasteiger partial charge is 0.116 e. The second-order valence-electron chi connectivity index (χ2n) is 5.36. The van der Waals surface area contributed by atoms with Gasteiger partial charge < -0.3 is 4.57 Å². The van der Waals surface area contributed by atoms with Crippen LogP contribution in [0.25, 0.3) is 11.3 Å². The van der Waals surface area contributed by atoms with Gasteiger partial charge in [0.1, 0.15) is 5.69 Å². The molecular weight excluding hydrogens is 206 g/mol. The maximum Gasteiger partial charge on any atom is 0.116 e. The van der Waals surface area contributed by atoms with Gasteiger partial charge in [0.15, 0.2) is 0 Å². The van der Waals surface area contributed by atoms with E-state index in [0.29, 0.717) is 0 Å². The van der Waals surface area contributed by atoms with E-state index in [1.54, 1.807) is 0 Å². The van der Waals surface area contributed by atoms with Crippen LogP contribution in [0.5, 0.6) is 0 Å². The molecule has 0 fully saturated rings. The first-order valence-corrected chi connectivity index (χ1v) is 6.00. The van der Waals surface area contributed by atoms with Gasteiger partial charge in [-0.15, -0.1) is 0 Å². The number of nitrogens with zero attached hydrogens (tertiary/aromatic N) is 1. The molecule has 0 saturated carbocycles. The van der Waals surface area contributed by atoms with Gasteiger partial charge in [-0.25, -0.2) is 0 Å². The number of benzene rings is 1. The summed E-state index contributed by atoms with van der Waals surface area (Å²) in [6.45, 7) is 6.76. The zero-order valence-electron chi connectivity index (χ0n) is 10.6. The Balaban J connectivity index is 2.49. The van der Waals surface area contributed by atoms with Crippen molar-refractivity contribution >= 4 is 0 Å². The zero-order valence-corrected chi connectivity index (χ0v) is 10.6. The predicted octanol–water partition coefficient (Wildman–Crippen LogP) is 3.23. The topological polar surface area (TPSA) is 3.88 Å². The molecule has 0 saturated heterocycles. The Morgan fingerprint density at radius 3 is 2.53 bits per heavy atom. The van der Waals surface area contributed by atoms with Crippen LogP contribution in [-0.4, -0.2) is 0 Å². The fourth-order valence-corrected chi connectivity index (χ4v) is 2.98. The highest BCUT2D eigenvalue weighted by Gasteiger charge is 2.37. The average molecular weight is 223 g/mol. The summed E-state index contributed by atoms with van der Waals surface area (Å²) in [5.41, 5.74) is 6.83. The Hall–Kier alpha value is -1.76. The van der Waals surface area contributed by atoms with E-state index in [0.717, 1.165) is 0 Å². The molecule has 1 aromatic carbocycles. The van der Waals surface area contributed by atoms with E-state index in [2.05, 4.69) is 58.2 Å². The van der Waals surface area contributed by atoms with Crippen molar-refractivity contribution in [1.29, 1.82) is 0 Å². The van der Waals surface area contributed by atoms with Gasteiger partial charge in [-0.05, 0) is 29.2 Å². The Morgan fingerprint density at radius 1 is 1.06 bits per heavy atom. The quantitative estimate of drug-likeness (QED) is 0.477. The molecule has 17 heavy (non-hydrogen) atoms. The summed E-state index contributed by atoms with van der Waals surface area (Å²) in [5.74, 6) is 0. The monoisotopic (exact) mass is 223 g/mol. The van der Waals surface area contributed by atoms with Crippen LogP contribution in [0.3, 0.4) is 0 Å². The maximum absolute atomic E-state index is 4.11.